The first-order valence-electron chi connectivity index (χ1n) is 7.13. The summed E-state index contributed by atoms with van der Waals surface area (Å²) in [5.74, 6) is -2.37. The third-order valence-corrected chi connectivity index (χ3v) is 3.96. The number of aromatic carboxylic acids is 1. The van der Waals surface area contributed by atoms with Gasteiger partial charge in [-0.05, 0) is 36.4 Å². The molecule has 0 saturated heterocycles. The predicted molar refractivity (Wildman–Crippen MR) is 85.5 cm³/mol. The molecule has 0 atom stereocenters. The van der Waals surface area contributed by atoms with Gasteiger partial charge >= 0.3 is 5.97 Å². The Kier molecular flexibility index (Phi) is 3.06. The maximum Gasteiger partial charge on any atom is 0.336 e. The summed E-state index contributed by atoms with van der Waals surface area (Å²) >= 11 is 0. The first-order chi connectivity index (χ1) is 11.5. The molecular formula is C18H10F2N2O2. The fourth-order valence-electron chi connectivity index (χ4n) is 2.86. The lowest BCUT2D eigenvalue weighted by atomic mass is 10.1. The van der Waals surface area contributed by atoms with Crippen molar-refractivity contribution in [2.24, 2.45) is 0 Å². The van der Waals surface area contributed by atoms with Crippen molar-refractivity contribution < 1.29 is 18.7 Å². The number of benzene rings is 2. The first kappa shape index (κ1) is 14.3. The molecule has 2 aromatic carbocycles. The summed E-state index contributed by atoms with van der Waals surface area (Å²) < 4.78 is 29.0. The zero-order chi connectivity index (χ0) is 16.8. The predicted octanol–water partition coefficient (Wildman–Crippen LogP) is 4.16. The van der Waals surface area contributed by atoms with Gasteiger partial charge in [0.2, 0.25) is 0 Å². The average molecular weight is 324 g/mol. The number of carboxylic acid groups (broad SMARTS) is 1. The molecule has 0 fully saturated rings. The Morgan fingerprint density at radius 1 is 1.04 bits per heavy atom. The molecule has 0 aliphatic carbocycles. The number of pyridine rings is 1. The lowest BCUT2D eigenvalue weighted by Gasteiger charge is -2.09. The van der Waals surface area contributed by atoms with Crippen molar-refractivity contribution in [2.75, 3.05) is 0 Å². The van der Waals surface area contributed by atoms with Crippen LogP contribution in [0.15, 0.2) is 54.9 Å². The zero-order valence-corrected chi connectivity index (χ0v) is 12.2. The van der Waals surface area contributed by atoms with Crippen molar-refractivity contribution in [3.63, 3.8) is 0 Å². The number of aromatic nitrogens is 2. The standard InChI is InChI=1S/C18H10F2N2O2/c19-10-7-15(20)13-4-6-22(17(13)8-10)11-1-2-16-14(9-11)12(18(23)24)3-5-21-16/h1-9H,(H,23,24). The van der Waals surface area contributed by atoms with Gasteiger partial charge in [-0.3, -0.25) is 4.98 Å². The number of halogens is 2. The summed E-state index contributed by atoms with van der Waals surface area (Å²) in [6, 6.07) is 10.1. The normalized spacial score (nSPS) is 11.2. The number of carboxylic acids is 1. The number of hydrogen-bond donors (Lipinski definition) is 1. The first-order valence-corrected chi connectivity index (χ1v) is 7.13. The van der Waals surface area contributed by atoms with Gasteiger partial charge in [0.15, 0.2) is 0 Å². The van der Waals surface area contributed by atoms with E-state index in [1.165, 1.54) is 18.3 Å². The summed E-state index contributed by atoms with van der Waals surface area (Å²) in [7, 11) is 0. The molecular weight excluding hydrogens is 314 g/mol. The number of rotatable bonds is 2. The van der Waals surface area contributed by atoms with Crippen LogP contribution in [0, 0.1) is 11.6 Å². The monoisotopic (exact) mass is 324 g/mol. The van der Waals surface area contributed by atoms with E-state index in [0.29, 0.717) is 27.5 Å². The van der Waals surface area contributed by atoms with Gasteiger partial charge in [0.05, 0.1) is 16.6 Å². The van der Waals surface area contributed by atoms with Gasteiger partial charge < -0.3 is 9.67 Å². The molecule has 2 heterocycles. The Morgan fingerprint density at radius 2 is 1.88 bits per heavy atom. The highest BCUT2D eigenvalue weighted by Crippen LogP contribution is 2.27. The quantitative estimate of drug-likeness (QED) is 0.602. The summed E-state index contributed by atoms with van der Waals surface area (Å²) in [6.45, 7) is 0. The van der Waals surface area contributed by atoms with Crippen molar-refractivity contribution in [1.29, 1.82) is 0 Å². The summed E-state index contributed by atoms with van der Waals surface area (Å²) in [6.07, 6.45) is 3.05. The molecule has 0 amide bonds. The Hall–Kier alpha value is -3.28. The van der Waals surface area contributed by atoms with Gasteiger partial charge in [0.25, 0.3) is 0 Å². The summed E-state index contributed by atoms with van der Waals surface area (Å²) in [5, 5.41) is 10.1. The highest BCUT2D eigenvalue weighted by molar-refractivity contribution is 6.03. The largest absolute Gasteiger partial charge is 0.478 e. The Bertz CT molecular complexity index is 1120. The lowest BCUT2D eigenvalue weighted by molar-refractivity contribution is 0.0699. The summed E-state index contributed by atoms with van der Waals surface area (Å²) in [4.78, 5) is 15.5. The number of fused-ring (bicyclic) bond motifs is 2. The molecule has 1 N–H and O–H groups in total. The van der Waals surface area contributed by atoms with Crippen LogP contribution in [0.1, 0.15) is 10.4 Å². The van der Waals surface area contributed by atoms with E-state index in [4.69, 9.17) is 0 Å². The molecule has 0 spiro atoms. The van der Waals surface area contributed by atoms with Crippen LogP contribution in [0.2, 0.25) is 0 Å². The fraction of sp³-hybridized carbons (Fsp3) is 0. The minimum absolute atomic E-state index is 0.121. The number of carbonyl (C=O) groups is 1. The third kappa shape index (κ3) is 2.11. The van der Waals surface area contributed by atoms with Gasteiger partial charge in [-0.1, -0.05) is 0 Å². The molecule has 4 rings (SSSR count). The molecule has 118 valence electrons. The van der Waals surface area contributed by atoms with Crippen molar-refractivity contribution >= 4 is 27.8 Å². The van der Waals surface area contributed by atoms with Crippen LogP contribution in [0.3, 0.4) is 0 Å². The van der Waals surface area contributed by atoms with Gasteiger partial charge in [-0.2, -0.15) is 0 Å². The molecule has 0 radical (unpaired) electrons. The molecule has 0 unspecified atom stereocenters. The van der Waals surface area contributed by atoms with Crippen molar-refractivity contribution in [2.45, 2.75) is 0 Å². The van der Waals surface area contributed by atoms with Gasteiger partial charge in [0.1, 0.15) is 11.6 Å². The smallest absolute Gasteiger partial charge is 0.336 e. The molecule has 0 bridgehead atoms. The zero-order valence-electron chi connectivity index (χ0n) is 12.2. The Balaban J connectivity index is 2.01. The van der Waals surface area contributed by atoms with Crippen molar-refractivity contribution in [3.05, 3.63) is 72.1 Å². The topological polar surface area (TPSA) is 55.1 Å². The molecule has 0 aliphatic heterocycles. The van der Waals surface area contributed by atoms with Crippen LogP contribution < -0.4 is 0 Å². The highest BCUT2D eigenvalue weighted by Gasteiger charge is 2.13. The minimum atomic E-state index is -1.06. The van der Waals surface area contributed by atoms with E-state index < -0.39 is 17.6 Å². The number of nitrogens with zero attached hydrogens (tertiary/aromatic N) is 2. The highest BCUT2D eigenvalue weighted by atomic mass is 19.1. The van der Waals surface area contributed by atoms with Crippen LogP contribution in [0.5, 0.6) is 0 Å². The van der Waals surface area contributed by atoms with Crippen molar-refractivity contribution in [3.8, 4) is 5.69 Å². The molecule has 6 heteroatoms. The Labute approximate surface area is 134 Å². The summed E-state index contributed by atoms with van der Waals surface area (Å²) in [5.41, 5.74) is 1.62. The van der Waals surface area contributed by atoms with Crippen LogP contribution in [-0.4, -0.2) is 20.6 Å². The van der Waals surface area contributed by atoms with Crippen LogP contribution in [-0.2, 0) is 0 Å². The van der Waals surface area contributed by atoms with E-state index in [0.717, 1.165) is 6.07 Å². The molecule has 2 aromatic heterocycles. The molecule has 24 heavy (non-hydrogen) atoms. The van der Waals surface area contributed by atoms with E-state index in [1.54, 1.807) is 35.0 Å². The van der Waals surface area contributed by atoms with Crippen molar-refractivity contribution in [1.82, 2.24) is 9.55 Å². The molecule has 0 saturated carbocycles. The minimum Gasteiger partial charge on any atom is -0.478 e. The van der Waals surface area contributed by atoms with Crippen LogP contribution in [0.4, 0.5) is 8.78 Å². The second-order valence-corrected chi connectivity index (χ2v) is 5.37. The van der Waals surface area contributed by atoms with Crippen LogP contribution >= 0.6 is 0 Å². The second-order valence-electron chi connectivity index (χ2n) is 5.37. The molecule has 4 aromatic rings. The van der Waals surface area contributed by atoms with Gasteiger partial charge in [-0.15, -0.1) is 0 Å². The van der Waals surface area contributed by atoms with Gasteiger partial charge in [0, 0.05) is 34.9 Å². The van der Waals surface area contributed by atoms with E-state index in [2.05, 4.69) is 4.98 Å². The third-order valence-electron chi connectivity index (χ3n) is 3.96. The second kappa shape index (κ2) is 5.13. The van der Waals surface area contributed by atoms with E-state index in [-0.39, 0.29) is 5.56 Å². The fourth-order valence-corrected chi connectivity index (χ4v) is 2.86. The van der Waals surface area contributed by atoms with E-state index in [1.807, 2.05) is 0 Å². The number of hydrogen-bond acceptors (Lipinski definition) is 2. The van der Waals surface area contributed by atoms with Crippen LogP contribution in [0.25, 0.3) is 27.5 Å². The molecule has 4 nitrogen and oxygen atoms in total. The maximum absolute atomic E-state index is 13.9. The lowest BCUT2D eigenvalue weighted by Crippen LogP contribution is -2.00. The van der Waals surface area contributed by atoms with E-state index in [9.17, 15) is 18.7 Å². The van der Waals surface area contributed by atoms with E-state index >= 15 is 0 Å². The Morgan fingerprint density at radius 3 is 2.67 bits per heavy atom. The molecule has 0 aliphatic rings. The van der Waals surface area contributed by atoms with Gasteiger partial charge in [-0.25, -0.2) is 13.6 Å². The average Bonchev–Trinajstić information content (AvgIpc) is 2.97. The SMILES string of the molecule is O=C(O)c1ccnc2ccc(-n3ccc4c(F)cc(F)cc43)cc12. The maximum atomic E-state index is 13.9.